The molecule has 0 saturated carbocycles. The van der Waals surface area contributed by atoms with E-state index in [1.165, 1.54) is 13.2 Å². The minimum Gasteiger partial charge on any atom is -0.504 e. The fourth-order valence-electron chi connectivity index (χ4n) is 2.36. The molecule has 0 spiro atoms. The normalized spacial score (nSPS) is 20.8. The zero-order chi connectivity index (χ0) is 16.3. The zero-order valence-corrected chi connectivity index (χ0v) is 12.4. The Balaban J connectivity index is 2.41. The van der Waals surface area contributed by atoms with E-state index in [2.05, 4.69) is 17.2 Å². The molecule has 1 aromatic carbocycles. The van der Waals surface area contributed by atoms with Crippen molar-refractivity contribution >= 4 is 12.0 Å². The molecule has 3 N–H and O–H groups in total. The van der Waals surface area contributed by atoms with E-state index in [1.807, 2.05) is 0 Å². The molecule has 1 aliphatic rings. The largest absolute Gasteiger partial charge is 0.504 e. The lowest BCUT2D eigenvalue weighted by Gasteiger charge is -2.33. The van der Waals surface area contributed by atoms with Gasteiger partial charge in [0.05, 0.1) is 19.8 Å². The molecule has 1 fully saturated rings. The SMILES string of the molecule is C=C1NC(=O)NC(c2ccc(O)c(OCC)c2)C1C(=O)OC. The van der Waals surface area contributed by atoms with Gasteiger partial charge in [0, 0.05) is 5.70 Å². The predicted octanol–water partition coefficient (Wildman–Crippen LogP) is 1.45. The van der Waals surface area contributed by atoms with Crippen LogP contribution in [0.3, 0.4) is 0 Å². The molecular weight excluding hydrogens is 288 g/mol. The third kappa shape index (κ3) is 2.98. The van der Waals surface area contributed by atoms with Crippen LogP contribution in [-0.2, 0) is 9.53 Å². The molecule has 2 unspecified atom stereocenters. The molecule has 2 amide bonds. The molecule has 1 saturated heterocycles. The molecule has 0 aromatic heterocycles. The van der Waals surface area contributed by atoms with Crippen LogP contribution in [0.25, 0.3) is 0 Å². The quantitative estimate of drug-likeness (QED) is 0.732. The van der Waals surface area contributed by atoms with Gasteiger partial charge in [0.25, 0.3) is 0 Å². The Kier molecular flexibility index (Phi) is 4.55. The summed E-state index contributed by atoms with van der Waals surface area (Å²) in [6, 6.07) is 3.52. The Morgan fingerprint density at radius 1 is 1.45 bits per heavy atom. The first-order valence-corrected chi connectivity index (χ1v) is 6.77. The molecule has 0 bridgehead atoms. The summed E-state index contributed by atoms with van der Waals surface area (Å²) in [6.45, 7) is 5.88. The first-order chi connectivity index (χ1) is 10.5. The van der Waals surface area contributed by atoms with Gasteiger partial charge in [0.1, 0.15) is 5.92 Å². The number of urea groups is 1. The highest BCUT2D eigenvalue weighted by atomic mass is 16.5. The van der Waals surface area contributed by atoms with Gasteiger partial charge in [-0.25, -0.2) is 4.79 Å². The first-order valence-electron chi connectivity index (χ1n) is 6.77. The lowest BCUT2D eigenvalue weighted by atomic mass is 9.89. The monoisotopic (exact) mass is 306 g/mol. The van der Waals surface area contributed by atoms with Gasteiger partial charge >= 0.3 is 12.0 Å². The number of carbonyl (C=O) groups excluding carboxylic acids is 2. The van der Waals surface area contributed by atoms with E-state index in [4.69, 9.17) is 9.47 Å². The molecule has 7 heteroatoms. The second-order valence-corrected chi connectivity index (χ2v) is 4.76. The molecule has 1 aromatic rings. The lowest BCUT2D eigenvalue weighted by Crippen LogP contribution is -2.51. The van der Waals surface area contributed by atoms with Crippen LogP contribution >= 0.6 is 0 Å². The molecule has 2 atom stereocenters. The number of benzene rings is 1. The predicted molar refractivity (Wildman–Crippen MR) is 78.3 cm³/mol. The van der Waals surface area contributed by atoms with Gasteiger partial charge in [0.2, 0.25) is 0 Å². The van der Waals surface area contributed by atoms with Gasteiger partial charge in [-0.3, -0.25) is 4.79 Å². The number of carbonyl (C=O) groups is 2. The molecular formula is C15H18N2O5. The summed E-state index contributed by atoms with van der Waals surface area (Å²) in [5.41, 5.74) is 0.860. The minimum atomic E-state index is -0.776. The number of hydrogen-bond acceptors (Lipinski definition) is 5. The van der Waals surface area contributed by atoms with E-state index in [1.54, 1.807) is 19.1 Å². The van der Waals surface area contributed by atoms with Gasteiger partial charge in [-0.05, 0) is 24.6 Å². The summed E-state index contributed by atoms with van der Waals surface area (Å²) < 4.78 is 10.1. The number of nitrogens with one attached hydrogen (secondary N) is 2. The Bertz CT molecular complexity index is 614. The van der Waals surface area contributed by atoms with Crippen LogP contribution in [0.1, 0.15) is 18.5 Å². The number of ether oxygens (including phenoxy) is 2. The summed E-state index contributed by atoms with van der Waals surface area (Å²) in [6.07, 6.45) is 0. The fourth-order valence-corrected chi connectivity index (χ4v) is 2.36. The maximum atomic E-state index is 12.0. The fraction of sp³-hybridized carbons (Fsp3) is 0.333. The average molecular weight is 306 g/mol. The van der Waals surface area contributed by atoms with Crippen molar-refractivity contribution in [1.82, 2.24) is 10.6 Å². The van der Waals surface area contributed by atoms with Crippen molar-refractivity contribution in [3.63, 3.8) is 0 Å². The Morgan fingerprint density at radius 3 is 2.82 bits per heavy atom. The third-order valence-electron chi connectivity index (χ3n) is 3.37. The molecule has 1 heterocycles. The number of esters is 1. The van der Waals surface area contributed by atoms with Crippen molar-refractivity contribution in [2.45, 2.75) is 13.0 Å². The van der Waals surface area contributed by atoms with Crippen LogP contribution in [0.5, 0.6) is 11.5 Å². The molecule has 0 aliphatic carbocycles. The lowest BCUT2D eigenvalue weighted by molar-refractivity contribution is -0.145. The highest BCUT2D eigenvalue weighted by Gasteiger charge is 2.38. The first kappa shape index (κ1) is 15.7. The van der Waals surface area contributed by atoms with Crippen molar-refractivity contribution in [1.29, 1.82) is 0 Å². The van der Waals surface area contributed by atoms with Crippen LogP contribution < -0.4 is 15.4 Å². The van der Waals surface area contributed by atoms with Crippen LogP contribution in [-0.4, -0.2) is 30.8 Å². The zero-order valence-electron chi connectivity index (χ0n) is 12.4. The van der Waals surface area contributed by atoms with E-state index in [0.29, 0.717) is 12.2 Å². The number of aromatic hydroxyl groups is 1. The van der Waals surface area contributed by atoms with Gasteiger partial charge < -0.3 is 25.2 Å². The molecule has 0 radical (unpaired) electrons. The topological polar surface area (TPSA) is 96.9 Å². The summed E-state index contributed by atoms with van der Waals surface area (Å²) in [7, 11) is 1.27. The summed E-state index contributed by atoms with van der Waals surface area (Å²) in [5, 5.41) is 14.9. The van der Waals surface area contributed by atoms with E-state index < -0.39 is 24.0 Å². The number of phenols is 1. The van der Waals surface area contributed by atoms with E-state index in [-0.39, 0.29) is 17.2 Å². The van der Waals surface area contributed by atoms with Gasteiger partial charge in [-0.15, -0.1) is 0 Å². The van der Waals surface area contributed by atoms with Gasteiger partial charge in [-0.2, -0.15) is 0 Å². The van der Waals surface area contributed by atoms with E-state index in [0.717, 1.165) is 0 Å². The summed E-state index contributed by atoms with van der Waals surface area (Å²) in [4.78, 5) is 23.7. The summed E-state index contributed by atoms with van der Waals surface area (Å²) >= 11 is 0. The molecule has 118 valence electrons. The number of hydrogen-bond donors (Lipinski definition) is 3. The maximum absolute atomic E-state index is 12.0. The van der Waals surface area contributed by atoms with Gasteiger partial charge in [-0.1, -0.05) is 12.6 Å². The standard InChI is InChI=1S/C15H18N2O5/c1-4-22-11-7-9(5-6-10(11)18)13-12(14(19)21-3)8(2)16-15(20)17-13/h5-7,12-13,18H,2,4H2,1,3H3,(H2,16,17,20). The van der Waals surface area contributed by atoms with Crippen molar-refractivity contribution in [2.75, 3.05) is 13.7 Å². The molecule has 22 heavy (non-hydrogen) atoms. The second kappa shape index (κ2) is 6.38. The van der Waals surface area contributed by atoms with E-state index in [9.17, 15) is 14.7 Å². The van der Waals surface area contributed by atoms with Crippen LogP contribution in [0, 0.1) is 5.92 Å². The highest BCUT2D eigenvalue weighted by Crippen LogP contribution is 2.35. The van der Waals surface area contributed by atoms with Crippen LogP contribution in [0.4, 0.5) is 4.79 Å². The number of rotatable bonds is 4. The van der Waals surface area contributed by atoms with Crippen LogP contribution in [0.2, 0.25) is 0 Å². The average Bonchev–Trinajstić information content (AvgIpc) is 2.48. The third-order valence-corrected chi connectivity index (χ3v) is 3.37. The minimum absolute atomic E-state index is 0.0145. The number of methoxy groups -OCH3 is 1. The van der Waals surface area contributed by atoms with Crippen molar-refractivity contribution < 1.29 is 24.2 Å². The maximum Gasteiger partial charge on any atom is 0.319 e. The Morgan fingerprint density at radius 2 is 2.18 bits per heavy atom. The Hall–Kier alpha value is -2.70. The molecule has 2 rings (SSSR count). The number of amides is 2. The van der Waals surface area contributed by atoms with Crippen molar-refractivity contribution in [3.8, 4) is 11.5 Å². The molecule has 7 nitrogen and oxygen atoms in total. The smallest absolute Gasteiger partial charge is 0.319 e. The number of phenolic OH excluding ortho intramolecular Hbond substituents is 1. The summed E-state index contributed by atoms with van der Waals surface area (Å²) in [5.74, 6) is -1.03. The highest BCUT2D eigenvalue weighted by molar-refractivity contribution is 5.85. The van der Waals surface area contributed by atoms with Crippen molar-refractivity contribution in [2.24, 2.45) is 5.92 Å². The van der Waals surface area contributed by atoms with Crippen LogP contribution in [0.15, 0.2) is 30.5 Å². The molecule has 1 aliphatic heterocycles. The van der Waals surface area contributed by atoms with Crippen molar-refractivity contribution in [3.05, 3.63) is 36.0 Å². The second-order valence-electron chi connectivity index (χ2n) is 4.76. The Labute approximate surface area is 127 Å². The van der Waals surface area contributed by atoms with Gasteiger partial charge in [0.15, 0.2) is 11.5 Å². The van der Waals surface area contributed by atoms with E-state index >= 15 is 0 Å².